The lowest BCUT2D eigenvalue weighted by molar-refractivity contribution is -0.355. The van der Waals surface area contributed by atoms with Crippen molar-refractivity contribution < 1.29 is 23.1 Å². The average molecular weight is 334 g/mol. The normalized spacial score (nSPS) is 20.2. The zero-order valence-corrected chi connectivity index (χ0v) is 11.9. The zero-order chi connectivity index (χ0) is 17.4. The lowest BCUT2D eigenvalue weighted by atomic mass is 10.0. The standard InChI is InChI=1S/C15H9F3N4O2/c16-15(17,18)14(23)7-12(22-24-14)9-1-3-10(4-2-9)13-20-6-5-11(8-19)21-13/h1-6,23H,7H2. The fourth-order valence-corrected chi connectivity index (χ4v) is 2.10. The van der Waals surface area contributed by atoms with Gasteiger partial charge in [0, 0.05) is 11.8 Å². The maximum Gasteiger partial charge on any atom is 0.458 e. The minimum absolute atomic E-state index is 0.0203. The highest BCUT2D eigenvalue weighted by Crippen LogP contribution is 2.39. The number of hydrogen-bond acceptors (Lipinski definition) is 6. The Balaban J connectivity index is 1.82. The van der Waals surface area contributed by atoms with Crippen LogP contribution in [0.3, 0.4) is 0 Å². The van der Waals surface area contributed by atoms with Gasteiger partial charge in [0.25, 0.3) is 0 Å². The Morgan fingerprint density at radius 2 is 1.83 bits per heavy atom. The fourth-order valence-electron chi connectivity index (χ4n) is 2.10. The van der Waals surface area contributed by atoms with Crippen LogP contribution in [-0.2, 0) is 4.84 Å². The molecule has 2 heterocycles. The SMILES string of the molecule is N#Cc1ccnc(-c2ccc(C3=NOC(O)(C(F)(F)F)C3)cc2)n1. The smallest absolute Gasteiger partial charge is 0.350 e. The van der Waals surface area contributed by atoms with Crippen LogP contribution in [0.5, 0.6) is 0 Å². The van der Waals surface area contributed by atoms with Gasteiger partial charge in [-0.15, -0.1) is 0 Å². The predicted octanol–water partition coefficient (Wildman–Crippen LogP) is 2.39. The molecule has 6 nitrogen and oxygen atoms in total. The number of aromatic nitrogens is 2. The molecule has 1 aliphatic heterocycles. The first-order valence-corrected chi connectivity index (χ1v) is 6.70. The molecule has 24 heavy (non-hydrogen) atoms. The third-order valence-electron chi connectivity index (χ3n) is 3.40. The summed E-state index contributed by atoms with van der Waals surface area (Å²) < 4.78 is 38.1. The summed E-state index contributed by atoms with van der Waals surface area (Å²) in [5.41, 5.74) is 1.14. The second kappa shape index (κ2) is 5.58. The predicted molar refractivity (Wildman–Crippen MR) is 75.4 cm³/mol. The number of halogens is 3. The van der Waals surface area contributed by atoms with Crippen molar-refractivity contribution in [2.75, 3.05) is 0 Å². The van der Waals surface area contributed by atoms with Crippen LogP contribution < -0.4 is 0 Å². The van der Waals surface area contributed by atoms with Gasteiger partial charge in [-0.1, -0.05) is 29.4 Å². The van der Waals surface area contributed by atoms with Crippen LogP contribution in [0.25, 0.3) is 11.4 Å². The van der Waals surface area contributed by atoms with Crippen molar-refractivity contribution in [2.24, 2.45) is 5.16 Å². The van der Waals surface area contributed by atoms with Crippen LogP contribution in [-0.4, -0.2) is 32.7 Å². The Kier molecular flexibility index (Phi) is 3.69. The van der Waals surface area contributed by atoms with Crippen molar-refractivity contribution in [3.63, 3.8) is 0 Å². The van der Waals surface area contributed by atoms with Gasteiger partial charge in [0.05, 0.1) is 12.1 Å². The maximum absolute atomic E-state index is 12.7. The Labute approximate surface area is 133 Å². The number of oxime groups is 1. The molecule has 0 spiro atoms. The van der Waals surface area contributed by atoms with Crippen molar-refractivity contribution >= 4 is 5.71 Å². The molecule has 1 aromatic heterocycles. The molecule has 122 valence electrons. The largest absolute Gasteiger partial charge is 0.458 e. The van der Waals surface area contributed by atoms with Crippen LogP contribution in [0, 0.1) is 11.3 Å². The molecule has 0 radical (unpaired) electrons. The Hall–Kier alpha value is -2.99. The van der Waals surface area contributed by atoms with Gasteiger partial charge in [0.1, 0.15) is 11.8 Å². The van der Waals surface area contributed by atoms with Crippen molar-refractivity contribution in [1.29, 1.82) is 5.26 Å². The van der Waals surface area contributed by atoms with Gasteiger partial charge < -0.3 is 9.94 Å². The van der Waals surface area contributed by atoms with E-state index in [9.17, 15) is 18.3 Å². The van der Waals surface area contributed by atoms with Crippen molar-refractivity contribution in [3.05, 3.63) is 47.8 Å². The summed E-state index contributed by atoms with van der Waals surface area (Å²) in [6, 6.07) is 9.55. The number of alkyl halides is 3. The molecule has 9 heteroatoms. The zero-order valence-electron chi connectivity index (χ0n) is 11.9. The van der Waals surface area contributed by atoms with E-state index in [0.717, 1.165) is 0 Å². The number of benzene rings is 1. The number of nitrogens with zero attached hydrogens (tertiary/aromatic N) is 4. The Morgan fingerprint density at radius 3 is 2.42 bits per heavy atom. The average Bonchev–Trinajstić information content (AvgIpc) is 2.99. The number of hydrogen-bond donors (Lipinski definition) is 1. The second-order valence-corrected chi connectivity index (χ2v) is 5.04. The fraction of sp³-hybridized carbons (Fsp3) is 0.200. The van der Waals surface area contributed by atoms with Gasteiger partial charge in [-0.3, -0.25) is 0 Å². The minimum atomic E-state index is -4.94. The van der Waals surface area contributed by atoms with Gasteiger partial charge in [-0.05, 0) is 11.6 Å². The van der Waals surface area contributed by atoms with E-state index in [4.69, 9.17) is 5.26 Å². The molecule has 1 N–H and O–H groups in total. The number of aliphatic hydroxyl groups is 1. The van der Waals surface area contributed by atoms with Crippen LogP contribution >= 0.6 is 0 Å². The lowest BCUT2D eigenvalue weighted by Crippen LogP contribution is -2.45. The van der Waals surface area contributed by atoms with Gasteiger partial charge in [0.2, 0.25) is 0 Å². The summed E-state index contributed by atoms with van der Waals surface area (Å²) in [6.07, 6.45) is -4.30. The first-order chi connectivity index (χ1) is 11.3. The van der Waals surface area contributed by atoms with Crippen molar-refractivity contribution in [3.8, 4) is 17.5 Å². The Bertz CT molecular complexity index is 843. The van der Waals surface area contributed by atoms with E-state index < -0.39 is 18.4 Å². The van der Waals surface area contributed by atoms with E-state index in [2.05, 4.69) is 20.0 Å². The third-order valence-corrected chi connectivity index (χ3v) is 3.40. The highest BCUT2D eigenvalue weighted by molar-refractivity contribution is 6.01. The third kappa shape index (κ3) is 2.79. The quantitative estimate of drug-likeness (QED) is 0.910. The van der Waals surface area contributed by atoms with Crippen LogP contribution in [0.15, 0.2) is 41.7 Å². The van der Waals surface area contributed by atoms with E-state index in [1.807, 2.05) is 6.07 Å². The molecule has 0 saturated heterocycles. The Morgan fingerprint density at radius 1 is 1.17 bits per heavy atom. The van der Waals surface area contributed by atoms with Crippen LogP contribution in [0.2, 0.25) is 0 Å². The molecule has 1 unspecified atom stereocenters. The van der Waals surface area contributed by atoms with E-state index in [0.29, 0.717) is 17.0 Å². The summed E-state index contributed by atoms with van der Waals surface area (Å²) in [4.78, 5) is 12.2. The van der Waals surface area contributed by atoms with E-state index in [1.54, 1.807) is 12.1 Å². The molecular weight excluding hydrogens is 325 g/mol. The molecule has 1 aliphatic rings. The monoisotopic (exact) mass is 334 g/mol. The molecule has 0 saturated carbocycles. The molecule has 0 bridgehead atoms. The van der Waals surface area contributed by atoms with Crippen molar-refractivity contribution in [2.45, 2.75) is 18.4 Å². The van der Waals surface area contributed by atoms with E-state index in [1.165, 1.54) is 24.4 Å². The molecule has 1 aromatic carbocycles. The molecule has 3 rings (SSSR count). The maximum atomic E-state index is 12.7. The van der Waals surface area contributed by atoms with Crippen molar-refractivity contribution in [1.82, 2.24) is 9.97 Å². The van der Waals surface area contributed by atoms with Crippen LogP contribution in [0.1, 0.15) is 17.7 Å². The first kappa shape index (κ1) is 15.9. The topological polar surface area (TPSA) is 91.4 Å². The summed E-state index contributed by atoms with van der Waals surface area (Å²) in [5, 5.41) is 21.6. The summed E-state index contributed by atoms with van der Waals surface area (Å²) in [7, 11) is 0. The highest BCUT2D eigenvalue weighted by Gasteiger charge is 2.60. The first-order valence-electron chi connectivity index (χ1n) is 6.70. The molecule has 1 atom stereocenters. The molecule has 0 fully saturated rings. The summed E-state index contributed by atoms with van der Waals surface area (Å²) >= 11 is 0. The summed E-state index contributed by atoms with van der Waals surface area (Å²) in [5.74, 6) is -2.98. The van der Waals surface area contributed by atoms with Crippen LogP contribution in [0.4, 0.5) is 13.2 Å². The molecule has 0 amide bonds. The number of nitriles is 1. The summed E-state index contributed by atoms with van der Waals surface area (Å²) in [6.45, 7) is 0. The van der Waals surface area contributed by atoms with E-state index in [-0.39, 0.29) is 11.4 Å². The highest BCUT2D eigenvalue weighted by atomic mass is 19.4. The lowest BCUT2D eigenvalue weighted by Gasteiger charge is -2.22. The van der Waals surface area contributed by atoms with Gasteiger partial charge >= 0.3 is 12.0 Å². The molecular formula is C15H9F3N4O2. The minimum Gasteiger partial charge on any atom is -0.350 e. The molecule has 2 aromatic rings. The van der Waals surface area contributed by atoms with Gasteiger partial charge in [-0.2, -0.15) is 18.4 Å². The van der Waals surface area contributed by atoms with Gasteiger partial charge in [0.15, 0.2) is 5.82 Å². The van der Waals surface area contributed by atoms with Gasteiger partial charge in [-0.25, -0.2) is 9.97 Å². The van der Waals surface area contributed by atoms with E-state index >= 15 is 0 Å². The second-order valence-electron chi connectivity index (χ2n) is 5.04. The molecule has 0 aliphatic carbocycles. The number of rotatable bonds is 2.